The highest BCUT2D eigenvalue weighted by atomic mass is 16.3. The molecular weight excluding hydrogens is 584 g/mol. The lowest BCUT2D eigenvalue weighted by Crippen LogP contribution is -2.60. The number of carbonyl (C=O) groups excluding carboxylic acids is 4. The van der Waals surface area contributed by atoms with Crippen molar-refractivity contribution < 1.29 is 24.3 Å². The van der Waals surface area contributed by atoms with Gasteiger partial charge in [-0.2, -0.15) is 0 Å². The summed E-state index contributed by atoms with van der Waals surface area (Å²) in [5, 5.41) is 18.8. The number of guanidine groups is 1. The third-order valence-corrected chi connectivity index (χ3v) is 7.26. The van der Waals surface area contributed by atoms with Gasteiger partial charge in [-0.3, -0.25) is 29.2 Å². The Labute approximate surface area is 263 Å². The number of aromatic hydroxyl groups is 1. The first kappa shape index (κ1) is 36.9. The van der Waals surface area contributed by atoms with Gasteiger partial charge in [0.25, 0.3) is 5.91 Å². The second kappa shape index (κ2) is 18.5. The molecule has 1 aliphatic rings. The third-order valence-electron chi connectivity index (χ3n) is 7.26. The third kappa shape index (κ3) is 11.9. The predicted molar refractivity (Wildman–Crippen MR) is 169 cm³/mol. The number of amides is 4. The number of nitrogens with zero attached hydrogens (tertiary/aromatic N) is 4. The van der Waals surface area contributed by atoms with E-state index in [0.717, 1.165) is 5.01 Å². The number of aliphatic imine (C=N–C) groups is 1. The zero-order valence-electron chi connectivity index (χ0n) is 26.3. The molecule has 45 heavy (non-hydrogen) atoms. The number of nitrogens with two attached hydrogens (primary N) is 3. The van der Waals surface area contributed by atoms with Crippen molar-refractivity contribution in [3.63, 3.8) is 0 Å². The number of hydrogen-bond acceptors (Lipinski definition) is 10. The van der Waals surface area contributed by atoms with Crippen LogP contribution in [0, 0.1) is 10.8 Å². The Morgan fingerprint density at radius 2 is 1.82 bits per heavy atom. The normalized spacial score (nSPS) is 16.4. The number of benzene rings is 1. The number of nitrogens with one attached hydrogen (secondary N) is 3. The van der Waals surface area contributed by atoms with Gasteiger partial charge in [0, 0.05) is 19.6 Å². The first-order chi connectivity index (χ1) is 21.4. The molecule has 0 unspecified atom stereocenters. The van der Waals surface area contributed by atoms with Crippen LogP contribution in [0.3, 0.4) is 0 Å². The molecule has 0 radical (unpaired) electrons. The van der Waals surface area contributed by atoms with Gasteiger partial charge in [0.15, 0.2) is 12.6 Å². The van der Waals surface area contributed by atoms with E-state index in [2.05, 4.69) is 26.2 Å². The van der Waals surface area contributed by atoms with Crippen LogP contribution in [0.5, 0.6) is 5.75 Å². The lowest BCUT2D eigenvalue weighted by Gasteiger charge is -2.32. The van der Waals surface area contributed by atoms with Gasteiger partial charge in [-0.25, -0.2) is 5.43 Å². The van der Waals surface area contributed by atoms with E-state index in [1.54, 1.807) is 19.1 Å². The first-order valence-corrected chi connectivity index (χ1v) is 15.2. The summed E-state index contributed by atoms with van der Waals surface area (Å²) >= 11 is 0. The molecule has 16 nitrogen and oxygen atoms in total. The molecular formula is C29H48N10O6. The predicted octanol–water partition coefficient (Wildman–Crippen LogP) is -0.601. The van der Waals surface area contributed by atoms with Crippen molar-refractivity contribution in [3.8, 4) is 5.75 Å². The van der Waals surface area contributed by atoms with Gasteiger partial charge in [-0.05, 0) is 74.2 Å². The zero-order valence-corrected chi connectivity index (χ0v) is 26.3. The summed E-state index contributed by atoms with van der Waals surface area (Å²) in [6, 6.07) is 2.38. The SMILES string of the molecule is CCNC(=O)[C@@H]1CCCN1C(=O)[C@H](CCCN=C(N)N)NC(=O)[C@H](CC(C)C)NN(CN=O)C(=O)[C@@H](N)Cc1ccc(O)cc1. The van der Waals surface area contributed by atoms with Crippen LogP contribution in [0.15, 0.2) is 34.4 Å². The van der Waals surface area contributed by atoms with E-state index in [1.807, 2.05) is 13.8 Å². The minimum absolute atomic E-state index is 0.0308. The van der Waals surface area contributed by atoms with Crippen LogP contribution in [0.2, 0.25) is 0 Å². The number of rotatable bonds is 18. The van der Waals surface area contributed by atoms with E-state index in [1.165, 1.54) is 17.0 Å². The molecule has 0 saturated carbocycles. The molecule has 1 aromatic carbocycles. The molecule has 10 N–H and O–H groups in total. The summed E-state index contributed by atoms with van der Waals surface area (Å²) in [7, 11) is 0. The number of likely N-dealkylation sites (tertiary alicyclic amines) is 1. The standard InChI is InChI=1S/C29H48N10O6/c1-4-33-26(42)24-8-6-14-38(24)28(44)22(7-5-13-34-29(31)32)36-25(41)23(15-18(2)3)37-39(17-35-45)27(43)21(30)16-19-9-11-20(40)12-10-19/h9-12,18,21-24,37,40H,4-8,13-17,30H2,1-3H3,(H,33,42)(H,36,41)(H4,31,32,34)/t21-,22-,23-,24-/m0/s1. The molecule has 2 rings (SSSR count). The van der Waals surface area contributed by atoms with E-state index >= 15 is 0 Å². The Hall–Kier alpha value is -4.31. The lowest BCUT2D eigenvalue weighted by molar-refractivity contribution is -0.143. The monoisotopic (exact) mass is 632 g/mol. The molecule has 4 atom stereocenters. The van der Waals surface area contributed by atoms with Crippen molar-refractivity contribution in [3.05, 3.63) is 34.7 Å². The van der Waals surface area contributed by atoms with Crippen molar-refractivity contribution in [2.75, 3.05) is 26.3 Å². The minimum atomic E-state index is -1.09. The average molecular weight is 633 g/mol. The number of phenols is 1. The van der Waals surface area contributed by atoms with Crippen LogP contribution in [-0.4, -0.2) is 95.1 Å². The Balaban J connectivity index is 2.26. The Morgan fingerprint density at radius 1 is 1.13 bits per heavy atom. The van der Waals surface area contributed by atoms with E-state index < -0.39 is 48.6 Å². The number of nitroso groups, excluding NO2 is 1. The van der Waals surface area contributed by atoms with Gasteiger partial charge in [-0.1, -0.05) is 26.0 Å². The molecule has 250 valence electrons. The van der Waals surface area contributed by atoms with Gasteiger partial charge in [0.05, 0.1) is 6.04 Å². The number of phenolic OH excluding ortho intramolecular Hbond substituents is 1. The first-order valence-electron chi connectivity index (χ1n) is 15.2. The van der Waals surface area contributed by atoms with Gasteiger partial charge in [0.1, 0.15) is 23.9 Å². The number of hydrogen-bond donors (Lipinski definition) is 7. The van der Waals surface area contributed by atoms with Crippen molar-refractivity contribution in [2.45, 2.75) is 83.5 Å². The maximum Gasteiger partial charge on any atom is 0.255 e. The Bertz CT molecular complexity index is 1170. The van der Waals surface area contributed by atoms with Gasteiger partial charge in [-0.15, -0.1) is 4.91 Å². The molecule has 1 saturated heterocycles. The summed E-state index contributed by atoms with van der Waals surface area (Å²) in [5.41, 5.74) is 20.5. The molecule has 1 aromatic rings. The van der Waals surface area contributed by atoms with Crippen LogP contribution < -0.4 is 33.3 Å². The van der Waals surface area contributed by atoms with Crippen LogP contribution in [-0.2, 0) is 25.6 Å². The quantitative estimate of drug-likeness (QED) is 0.0356. The lowest BCUT2D eigenvalue weighted by atomic mass is 10.0. The minimum Gasteiger partial charge on any atom is -0.508 e. The highest BCUT2D eigenvalue weighted by Gasteiger charge is 2.38. The summed E-state index contributed by atoms with van der Waals surface area (Å²) in [6.45, 7) is 5.93. The maximum atomic E-state index is 13.8. The van der Waals surface area contributed by atoms with E-state index in [4.69, 9.17) is 17.2 Å². The van der Waals surface area contributed by atoms with Crippen molar-refractivity contribution >= 4 is 29.6 Å². The van der Waals surface area contributed by atoms with Gasteiger partial charge in [0.2, 0.25) is 17.7 Å². The van der Waals surface area contributed by atoms with Crippen LogP contribution in [0.25, 0.3) is 0 Å². The zero-order chi connectivity index (χ0) is 33.5. The number of hydrazine groups is 1. The second-order valence-electron chi connectivity index (χ2n) is 11.4. The fourth-order valence-electron chi connectivity index (χ4n) is 5.11. The van der Waals surface area contributed by atoms with Crippen LogP contribution >= 0.6 is 0 Å². The van der Waals surface area contributed by atoms with Crippen molar-refractivity contribution in [1.29, 1.82) is 0 Å². The summed E-state index contributed by atoms with van der Waals surface area (Å²) < 4.78 is 0. The molecule has 0 aromatic heterocycles. The highest BCUT2D eigenvalue weighted by Crippen LogP contribution is 2.20. The summed E-state index contributed by atoms with van der Waals surface area (Å²) in [5.74, 6) is -2.00. The topological polar surface area (TPSA) is 251 Å². The van der Waals surface area contributed by atoms with Crippen LogP contribution in [0.1, 0.15) is 58.4 Å². The summed E-state index contributed by atoms with van der Waals surface area (Å²) in [4.78, 5) is 70.1. The smallest absolute Gasteiger partial charge is 0.255 e. The van der Waals surface area contributed by atoms with E-state index in [-0.39, 0.29) is 49.3 Å². The van der Waals surface area contributed by atoms with Crippen LogP contribution in [0.4, 0.5) is 0 Å². The molecule has 0 spiro atoms. The maximum absolute atomic E-state index is 13.8. The fourth-order valence-corrected chi connectivity index (χ4v) is 5.11. The Kier molecular flexibility index (Phi) is 15.2. The van der Waals surface area contributed by atoms with E-state index in [9.17, 15) is 29.2 Å². The molecule has 1 aliphatic heterocycles. The number of carbonyl (C=O) groups is 4. The average Bonchev–Trinajstić information content (AvgIpc) is 3.48. The molecule has 0 aliphatic carbocycles. The van der Waals surface area contributed by atoms with Gasteiger partial charge < -0.3 is 37.8 Å². The Morgan fingerprint density at radius 3 is 2.42 bits per heavy atom. The largest absolute Gasteiger partial charge is 0.508 e. The molecule has 1 heterocycles. The second-order valence-corrected chi connectivity index (χ2v) is 11.4. The molecule has 4 amide bonds. The summed E-state index contributed by atoms with van der Waals surface area (Å²) in [6.07, 6.45) is 2.03. The molecule has 16 heteroatoms. The van der Waals surface area contributed by atoms with E-state index in [0.29, 0.717) is 37.9 Å². The highest BCUT2D eigenvalue weighted by molar-refractivity contribution is 5.93. The molecule has 1 fully saturated rings. The fraction of sp³-hybridized carbons (Fsp3) is 0.621. The molecule has 0 bridgehead atoms. The number of likely N-dealkylation sites (N-methyl/N-ethyl adjacent to an activating group) is 1. The van der Waals surface area contributed by atoms with Gasteiger partial charge >= 0.3 is 0 Å². The van der Waals surface area contributed by atoms with Crippen molar-refractivity contribution in [1.82, 2.24) is 26.0 Å². The van der Waals surface area contributed by atoms with Crippen molar-refractivity contribution in [2.24, 2.45) is 33.3 Å².